The van der Waals surface area contributed by atoms with E-state index in [2.05, 4.69) is 15.4 Å². The highest BCUT2D eigenvalue weighted by atomic mass is 19.4. The van der Waals surface area contributed by atoms with Gasteiger partial charge in [0.1, 0.15) is 19.0 Å². The summed E-state index contributed by atoms with van der Waals surface area (Å²) in [4.78, 5) is 24.5. The zero-order valence-electron chi connectivity index (χ0n) is 18.8. The van der Waals surface area contributed by atoms with E-state index in [0.717, 1.165) is 18.5 Å². The molecule has 2 aromatic carbocycles. The van der Waals surface area contributed by atoms with Gasteiger partial charge in [0.25, 0.3) is 5.91 Å². The van der Waals surface area contributed by atoms with E-state index in [0.29, 0.717) is 36.2 Å². The maximum absolute atomic E-state index is 12.9. The number of fused-ring (bicyclic) bond motifs is 1. The first-order valence-electron chi connectivity index (χ1n) is 11.6. The first kappa shape index (κ1) is 23.5. The van der Waals surface area contributed by atoms with Crippen LogP contribution in [0.1, 0.15) is 46.7 Å². The predicted octanol–water partition coefficient (Wildman–Crippen LogP) is 3.71. The lowest BCUT2D eigenvalue weighted by Crippen LogP contribution is -2.30. The smallest absolute Gasteiger partial charge is 0.486 e. The van der Waals surface area contributed by atoms with Crippen LogP contribution in [0.5, 0.6) is 17.2 Å². The number of para-hydroxylation sites is 1. The van der Waals surface area contributed by atoms with Crippen molar-refractivity contribution in [1.82, 2.24) is 10.6 Å². The number of rotatable bonds is 8. The molecule has 35 heavy (non-hydrogen) atoms. The number of hydrogen-bond acceptors (Lipinski definition) is 6. The second-order valence-corrected chi connectivity index (χ2v) is 9.07. The van der Waals surface area contributed by atoms with Crippen molar-refractivity contribution in [2.45, 2.75) is 43.9 Å². The fourth-order valence-electron chi connectivity index (χ4n) is 4.17. The summed E-state index contributed by atoms with van der Waals surface area (Å²) in [6, 6.07) is 9.95. The highest BCUT2D eigenvalue weighted by Gasteiger charge is 2.43. The number of carbonyl (C=O) groups excluding carboxylic acids is 2. The molecule has 186 valence electrons. The average molecular weight is 490 g/mol. The second kappa shape index (κ2) is 9.41. The Morgan fingerprint density at radius 3 is 2.66 bits per heavy atom. The van der Waals surface area contributed by atoms with Crippen LogP contribution in [0.15, 0.2) is 36.4 Å². The van der Waals surface area contributed by atoms with Crippen molar-refractivity contribution >= 4 is 11.9 Å². The van der Waals surface area contributed by atoms with E-state index >= 15 is 0 Å². The van der Waals surface area contributed by atoms with Crippen LogP contribution in [0, 0.1) is 5.92 Å². The van der Waals surface area contributed by atoms with E-state index in [1.165, 1.54) is 25.0 Å². The van der Waals surface area contributed by atoms with Crippen molar-refractivity contribution in [2.24, 2.45) is 5.92 Å². The van der Waals surface area contributed by atoms with Gasteiger partial charge in [-0.15, -0.1) is 0 Å². The Labute approximate surface area is 199 Å². The molecule has 5 rings (SSSR count). The van der Waals surface area contributed by atoms with E-state index < -0.39 is 23.8 Å². The number of hydrogen-bond donors (Lipinski definition) is 2. The van der Waals surface area contributed by atoms with Crippen molar-refractivity contribution in [3.8, 4) is 17.2 Å². The minimum absolute atomic E-state index is 0.0512. The number of esters is 1. The number of nitrogens with one attached hydrogen (secondary N) is 2. The molecule has 2 N–H and O–H groups in total. The van der Waals surface area contributed by atoms with Gasteiger partial charge < -0.3 is 24.8 Å². The summed E-state index contributed by atoms with van der Waals surface area (Å²) in [7, 11) is 0. The summed E-state index contributed by atoms with van der Waals surface area (Å²) in [5.74, 6) is -1.58. The normalized spacial score (nSPS) is 20.8. The summed E-state index contributed by atoms with van der Waals surface area (Å²) in [5.41, 5.74) is 1.22. The highest BCUT2D eigenvalue weighted by Crippen LogP contribution is 2.43. The Morgan fingerprint density at radius 2 is 1.89 bits per heavy atom. The minimum atomic E-state index is -5.18. The molecule has 0 saturated heterocycles. The third-order valence-corrected chi connectivity index (χ3v) is 6.36. The molecule has 0 spiro atoms. The number of benzene rings is 2. The molecule has 0 aromatic heterocycles. The van der Waals surface area contributed by atoms with Crippen molar-refractivity contribution < 1.29 is 37.0 Å². The molecule has 2 aliphatic carbocycles. The van der Waals surface area contributed by atoms with Gasteiger partial charge in [0, 0.05) is 24.1 Å². The van der Waals surface area contributed by atoms with E-state index in [9.17, 15) is 22.8 Å². The van der Waals surface area contributed by atoms with Gasteiger partial charge in [-0.2, -0.15) is 13.2 Å². The Kier molecular flexibility index (Phi) is 6.31. The van der Waals surface area contributed by atoms with Crippen LogP contribution in [0.3, 0.4) is 0 Å². The standard InChI is InChI=1S/C25H25F3N2O5/c26-25(27,28)24(32)35-21-10-15(18-11-19(18)29-12-14-4-5-14)6-7-17(21)23(31)30-13-16-2-1-3-20-22(16)34-9-8-33-20/h1-3,6-7,10,14,18-19,29H,4-5,8-9,11-13H2,(H,30,31). The molecule has 0 radical (unpaired) electrons. The summed E-state index contributed by atoms with van der Waals surface area (Å²) in [6.45, 7) is 1.76. The molecule has 2 unspecified atom stereocenters. The molecule has 10 heteroatoms. The lowest BCUT2D eigenvalue weighted by molar-refractivity contribution is -0.189. The largest absolute Gasteiger partial charge is 0.491 e. The summed E-state index contributed by atoms with van der Waals surface area (Å²) < 4.78 is 54.5. The van der Waals surface area contributed by atoms with E-state index in [-0.39, 0.29) is 24.1 Å². The summed E-state index contributed by atoms with van der Waals surface area (Å²) in [6.07, 6.45) is -1.91. The van der Waals surface area contributed by atoms with Crippen LogP contribution in [-0.2, 0) is 11.3 Å². The molecule has 1 amide bonds. The van der Waals surface area contributed by atoms with Gasteiger partial charge in [0.05, 0.1) is 5.56 Å². The fraction of sp³-hybridized carbons (Fsp3) is 0.440. The zero-order valence-corrected chi connectivity index (χ0v) is 18.8. The van der Waals surface area contributed by atoms with Crippen molar-refractivity contribution in [1.29, 1.82) is 0 Å². The van der Waals surface area contributed by atoms with E-state index in [1.807, 2.05) is 0 Å². The van der Waals surface area contributed by atoms with Gasteiger partial charge in [-0.05, 0) is 55.5 Å². The first-order chi connectivity index (χ1) is 16.8. The fourth-order valence-corrected chi connectivity index (χ4v) is 4.17. The van der Waals surface area contributed by atoms with E-state index in [1.54, 1.807) is 24.3 Å². The molecular formula is C25H25F3N2O5. The Hall–Kier alpha value is -3.27. The third-order valence-electron chi connectivity index (χ3n) is 6.36. The van der Waals surface area contributed by atoms with Crippen molar-refractivity contribution in [2.75, 3.05) is 19.8 Å². The molecule has 1 aliphatic heterocycles. The van der Waals surface area contributed by atoms with Crippen molar-refractivity contribution in [3.63, 3.8) is 0 Å². The van der Waals surface area contributed by atoms with Crippen LogP contribution < -0.4 is 24.8 Å². The maximum atomic E-state index is 12.9. The topological polar surface area (TPSA) is 85.9 Å². The van der Waals surface area contributed by atoms with Crippen LogP contribution >= 0.6 is 0 Å². The number of alkyl halides is 3. The maximum Gasteiger partial charge on any atom is 0.491 e. The molecule has 2 atom stereocenters. The number of carbonyl (C=O) groups is 2. The van der Waals surface area contributed by atoms with Crippen LogP contribution in [-0.4, -0.2) is 43.9 Å². The predicted molar refractivity (Wildman–Crippen MR) is 119 cm³/mol. The average Bonchev–Trinajstić information content (AvgIpc) is 3.76. The van der Waals surface area contributed by atoms with Crippen LogP contribution in [0.4, 0.5) is 13.2 Å². The molecule has 2 fully saturated rings. The molecule has 2 saturated carbocycles. The number of halogens is 3. The number of amides is 1. The second-order valence-electron chi connectivity index (χ2n) is 9.07. The minimum Gasteiger partial charge on any atom is -0.486 e. The molecule has 1 heterocycles. The van der Waals surface area contributed by atoms with Gasteiger partial charge in [-0.25, -0.2) is 4.79 Å². The SMILES string of the molecule is O=C(NCc1cccc2c1OCCO2)c1ccc(C2CC2NCC2CC2)cc1OC(=O)C(F)(F)F. The first-order valence-corrected chi connectivity index (χ1v) is 11.6. The van der Waals surface area contributed by atoms with Gasteiger partial charge in [0.15, 0.2) is 11.5 Å². The van der Waals surface area contributed by atoms with Gasteiger partial charge in [0.2, 0.25) is 0 Å². The van der Waals surface area contributed by atoms with Crippen molar-refractivity contribution in [3.05, 3.63) is 53.1 Å². The van der Waals surface area contributed by atoms with Gasteiger partial charge >= 0.3 is 12.1 Å². The zero-order chi connectivity index (χ0) is 24.6. The van der Waals surface area contributed by atoms with E-state index in [4.69, 9.17) is 9.47 Å². The lowest BCUT2D eigenvalue weighted by Gasteiger charge is -2.21. The Bertz CT molecular complexity index is 1130. The summed E-state index contributed by atoms with van der Waals surface area (Å²) >= 11 is 0. The Balaban J connectivity index is 1.32. The molecule has 0 bridgehead atoms. The summed E-state index contributed by atoms with van der Waals surface area (Å²) in [5, 5.41) is 6.13. The number of ether oxygens (including phenoxy) is 3. The lowest BCUT2D eigenvalue weighted by atomic mass is 10.1. The monoisotopic (exact) mass is 490 g/mol. The quantitative estimate of drug-likeness (QED) is 0.434. The molecule has 7 nitrogen and oxygen atoms in total. The Morgan fingerprint density at radius 1 is 1.09 bits per heavy atom. The van der Waals surface area contributed by atoms with Gasteiger partial charge in [-0.1, -0.05) is 18.2 Å². The highest BCUT2D eigenvalue weighted by molar-refractivity contribution is 5.98. The molecule has 3 aliphatic rings. The third kappa shape index (κ3) is 5.53. The van der Waals surface area contributed by atoms with Crippen LogP contribution in [0.25, 0.3) is 0 Å². The molecular weight excluding hydrogens is 465 g/mol. The molecule has 2 aromatic rings. The van der Waals surface area contributed by atoms with Gasteiger partial charge in [-0.3, -0.25) is 4.79 Å². The van der Waals surface area contributed by atoms with Crippen LogP contribution in [0.2, 0.25) is 0 Å².